The Morgan fingerprint density at radius 1 is 1.00 bits per heavy atom. The number of anilines is 1. The van der Waals surface area contributed by atoms with Gasteiger partial charge in [0.15, 0.2) is 9.84 Å². The number of nitrogens with one attached hydrogen (secondary N) is 1. The lowest BCUT2D eigenvalue weighted by molar-refractivity contribution is 0.212. The van der Waals surface area contributed by atoms with Gasteiger partial charge in [-0.25, -0.2) is 13.2 Å². The van der Waals surface area contributed by atoms with E-state index in [0.29, 0.717) is 16.1 Å². The summed E-state index contributed by atoms with van der Waals surface area (Å²) in [6, 6.07) is 15.7. The molecule has 0 unspecified atom stereocenters. The minimum atomic E-state index is -3.34. The molecule has 1 heterocycles. The average molecular weight is 316 g/mol. The Bertz CT molecular complexity index is 788. The third-order valence-electron chi connectivity index (χ3n) is 3.61. The average Bonchev–Trinajstić information content (AvgIpc) is 2.65. The first-order valence-electron chi connectivity index (χ1n) is 6.98. The van der Waals surface area contributed by atoms with Crippen LogP contribution >= 0.6 is 0 Å². The van der Waals surface area contributed by atoms with E-state index in [0.717, 1.165) is 0 Å². The molecule has 114 valence electrons. The van der Waals surface area contributed by atoms with Gasteiger partial charge >= 0.3 is 6.03 Å². The summed E-state index contributed by atoms with van der Waals surface area (Å²) >= 11 is 0. The lowest BCUT2D eigenvalue weighted by Crippen LogP contribution is -2.36. The summed E-state index contributed by atoms with van der Waals surface area (Å²) in [4.78, 5) is 14.2. The van der Waals surface area contributed by atoms with Gasteiger partial charge in [-0.15, -0.1) is 0 Å². The number of rotatable bonds is 1. The Kier molecular flexibility index (Phi) is 3.85. The fourth-order valence-electron chi connectivity index (χ4n) is 2.46. The highest BCUT2D eigenvalue weighted by Gasteiger charge is 2.27. The van der Waals surface area contributed by atoms with Crippen LogP contribution in [0.5, 0.6) is 0 Å². The summed E-state index contributed by atoms with van der Waals surface area (Å²) in [5, 5.41) is 2.79. The number of nitrogens with zero attached hydrogens (tertiary/aromatic N) is 1. The molecule has 22 heavy (non-hydrogen) atoms. The van der Waals surface area contributed by atoms with Crippen LogP contribution in [0.4, 0.5) is 10.5 Å². The van der Waals surface area contributed by atoms with E-state index in [9.17, 15) is 13.2 Å². The molecule has 0 aromatic heterocycles. The van der Waals surface area contributed by atoms with Crippen LogP contribution in [0.15, 0.2) is 59.5 Å². The number of urea groups is 1. The van der Waals surface area contributed by atoms with Crippen LogP contribution in [-0.4, -0.2) is 31.6 Å². The molecule has 0 aliphatic carbocycles. The van der Waals surface area contributed by atoms with Crippen LogP contribution < -0.4 is 5.32 Å². The lowest BCUT2D eigenvalue weighted by atomic mass is 10.2. The second-order valence-electron chi connectivity index (χ2n) is 5.14. The van der Waals surface area contributed by atoms with Gasteiger partial charge in [0, 0.05) is 18.8 Å². The van der Waals surface area contributed by atoms with Crippen molar-refractivity contribution in [2.45, 2.75) is 11.4 Å². The van der Waals surface area contributed by atoms with Gasteiger partial charge in [-0.1, -0.05) is 36.4 Å². The standard InChI is InChI=1S/C16H16N2O3S/c19-16(17-14-7-2-1-3-8-14)18-10-11-22(20,21)15-9-5-4-6-13(15)12-18/h1-9H,10-12H2,(H,17,19). The van der Waals surface area contributed by atoms with Crippen molar-refractivity contribution in [3.63, 3.8) is 0 Å². The monoisotopic (exact) mass is 316 g/mol. The van der Waals surface area contributed by atoms with Crippen molar-refractivity contribution < 1.29 is 13.2 Å². The molecule has 5 nitrogen and oxygen atoms in total. The number of para-hydroxylation sites is 1. The van der Waals surface area contributed by atoms with E-state index in [2.05, 4.69) is 5.32 Å². The number of benzene rings is 2. The number of carbonyl (C=O) groups excluding carboxylic acids is 1. The van der Waals surface area contributed by atoms with Crippen molar-refractivity contribution in [1.82, 2.24) is 4.90 Å². The molecule has 2 aromatic rings. The topological polar surface area (TPSA) is 66.5 Å². The molecule has 0 spiro atoms. The summed E-state index contributed by atoms with van der Waals surface area (Å²) in [6.07, 6.45) is 0. The normalized spacial score (nSPS) is 16.5. The largest absolute Gasteiger partial charge is 0.322 e. The van der Waals surface area contributed by atoms with Crippen LogP contribution in [0.3, 0.4) is 0 Å². The molecule has 2 amide bonds. The van der Waals surface area contributed by atoms with E-state index in [1.54, 1.807) is 36.4 Å². The highest BCUT2D eigenvalue weighted by atomic mass is 32.2. The molecule has 0 saturated heterocycles. The van der Waals surface area contributed by atoms with Gasteiger partial charge in [0.2, 0.25) is 0 Å². The predicted octanol–water partition coefficient (Wildman–Crippen LogP) is 2.51. The van der Waals surface area contributed by atoms with Gasteiger partial charge in [-0.2, -0.15) is 0 Å². The quantitative estimate of drug-likeness (QED) is 0.879. The van der Waals surface area contributed by atoms with E-state index >= 15 is 0 Å². The van der Waals surface area contributed by atoms with Crippen molar-refractivity contribution in [3.05, 3.63) is 60.2 Å². The Hall–Kier alpha value is -2.34. The molecule has 6 heteroatoms. The van der Waals surface area contributed by atoms with Gasteiger partial charge in [0.1, 0.15) is 0 Å². The summed E-state index contributed by atoms with van der Waals surface area (Å²) in [5.41, 5.74) is 1.34. The fourth-order valence-corrected chi connectivity index (χ4v) is 3.96. The molecule has 0 fully saturated rings. The third-order valence-corrected chi connectivity index (χ3v) is 5.40. The zero-order chi connectivity index (χ0) is 15.6. The molecule has 2 aromatic carbocycles. The summed E-state index contributed by atoms with van der Waals surface area (Å²) in [7, 11) is -3.34. The number of hydrogen-bond donors (Lipinski definition) is 1. The van der Waals surface area contributed by atoms with Gasteiger partial charge in [0.05, 0.1) is 10.6 Å². The second-order valence-corrected chi connectivity index (χ2v) is 7.22. The molecule has 3 rings (SSSR count). The van der Waals surface area contributed by atoms with Crippen molar-refractivity contribution in [1.29, 1.82) is 0 Å². The number of amides is 2. The molecule has 1 aliphatic rings. The number of sulfone groups is 1. The summed E-state index contributed by atoms with van der Waals surface area (Å²) in [6.45, 7) is 0.462. The molecule has 1 aliphatic heterocycles. The maximum atomic E-state index is 12.4. The lowest BCUT2D eigenvalue weighted by Gasteiger charge is -2.20. The first-order valence-corrected chi connectivity index (χ1v) is 8.63. The van der Waals surface area contributed by atoms with Gasteiger partial charge < -0.3 is 10.2 Å². The van der Waals surface area contributed by atoms with E-state index in [1.807, 2.05) is 18.2 Å². The van der Waals surface area contributed by atoms with Gasteiger partial charge in [0.25, 0.3) is 0 Å². The molecular weight excluding hydrogens is 300 g/mol. The van der Waals surface area contributed by atoms with Crippen LogP contribution in [0.2, 0.25) is 0 Å². The smallest absolute Gasteiger partial charge is 0.319 e. The second kappa shape index (κ2) is 5.81. The summed E-state index contributed by atoms with van der Waals surface area (Å²) < 4.78 is 24.5. The van der Waals surface area contributed by atoms with Crippen LogP contribution in [-0.2, 0) is 16.4 Å². The first-order chi connectivity index (χ1) is 10.6. The van der Waals surface area contributed by atoms with Gasteiger partial charge in [-0.3, -0.25) is 0 Å². The van der Waals surface area contributed by atoms with Crippen molar-refractivity contribution >= 4 is 21.6 Å². The van der Waals surface area contributed by atoms with Crippen LogP contribution in [0.25, 0.3) is 0 Å². The van der Waals surface area contributed by atoms with E-state index in [1.165, 1.54) is 4.90 Å². The number of hydrogen-bond acceptors (Lipinski definition) is 3. The Labute approximate surface area is 129 Å². The number of fused-ring (bicyclic) bond motifs is 1. The Morgan fingerprint density at radius 2 is 1.68 bits per heavy atom. The maximum Gasteiger partial charge on any atom is 0.322 e. The molecule has 0 radical (unpaired) electrons. The van der Waals surface area contributed by atoms with Crippen LogP contribution in [0.1, 0.15) is 5.56 Å². The van der Waals surface area contributed by atoms with E-state index in [4.69, 9.17) is 0 Å². The zero-order valence-corrected chi connectivity index (χ0v) is 12.7. The first kappa shape index (κ1) is 14.6. The molecule has 1 N–H and O–H groups in total. The van der Waals surface area contributed by atoms with Gasteiger partial charge in [-0.05, 0) is 23.8 Å². The minimum Gasteiger partial charge on any atom is -0.319 e. The SMILES string of the molecule is O=C(Nc1ccccc1)N1CCS(=O)(=O)c2ccccc2C1. The Morgan fingerprint density at radius 3 is 2.45 bits per heavy atom. The van der Waals surface area contributed by atoms with Crippen molar-refractivity contribution in [2.75, 3.05) is 17.6 Å². The molecule has 0 bridgehead atoms. The molecular formula is C16H16N2O3S. The number of carbonyl (C=O) groups is 1. The fraction of sp³-hybridized carbons (Fsp3) is 0.188. The zero-order valence-electron chi connectivity index (χ0n) is 11.9. The minimum absolute atomic E-state index is 0.0633. The highest BCUT2D eigenvalue weighted by Crippen LogP contribution is 2.23. The van der Waals surface area contributed by atoms with E-state index in [-0.39, 0.29) is 24.9 Å². The highest BCUT2D eigenvalue weighted by molar-refractivity contribution is 7.91. The Balaban J connectivity index is 1.84. The van der Waals surface area contributed by atoms with Crippen molar-refractivity contribution in [3.8, 4) is 0 Å². The molecule has 0 saturated carbocycles. The van der Waals surface area contributed by atoms with E-state index < -0.39 is 9.84 Å². The van der Waals surface area contributed by atoms with Crippen molar-refractivity contribution in [2.24, 2.45) is 0 Å². The summed E-state index contributed by atoms with van der Waals surface area (Å²) in [5.74, 6) is -0.0633. The third kappa shape index (κ3) is 2.96. The molecule has 0 atom stereocenters. The van der Waals surface area contributed by atoms with Crippen LogP contribution in [0, 0.1) is 0 Å². The predicted molar refractivity (Wildman–Crippen MR) is 84.4 cm³/mol. The maximum absolute atomic E-state index is 12.4.